The molecular weight excluding hydrogens is 216 g/mol. The lowest BCUT2D eigenvalue weighted by atomic mass is 10.2. The molecule has 0 bridgehead atoms. The van der Waals surface area contributed by atoms with Crippen molar-refractivity contribution in [3.05, 3.63) is 52.6 Å². The summed E-state index contributed by atoms with van der Waals surface area (Å²) in [5.74, 6) is 0. The largest absolute Gasteiger partial charge is 0.339 e. The van der Waals surface area contributed by atoms with E-state index in [4.69, 9.17) is 0 Å². The van der Waals surface area contributed by atoms with Gasteiger partial charge in [-0.05, 0) is 24.4 Å². The van der Waals surface area contributed by atoms with E-state index in [1.54, 1.807) is 11.3 Å². The second kappa shape index (κ2) is 3.76. The zero-order chi connectivity index (χ0) is 11.0. The van der Waals surface area contributed by atoms with Crippen LogP contribution in [0.1, 0.15) is 11.4 Å². The van der Waals surface area contributed by atoms with Crippen molar-refractivity contribution in [2.24, 2.45) is 0 Å². The fourth-order valence-corrected chi connectivity index (χ4v) is 2.59. The normalized spacial score (nSPS) is 11.1. The van der Waals surface area contributed by atoms with Crippen LogP contribution in [0.15, 0.2) is 41.2 Å². The molecule has 0 fully saturated rings. The van der Waals surface area contributed by atoms with Crippen molar-refractivity contribution in [2.45, 2.75) is 13.5 Å². The van der Waals surface area contributed by atoms with Crippen LogP contribution in [0.25, 0.3) is 10.9 Å². The first-order chi connectivity index (χ1) is 7.84. The van der Waals surface area contributed by atoms with Gasteiger partial charge >= 0.3 is 0 Å². The summed E-state index contributed by atoms with van der Waals surface area (Å²) >= 11 is 1.65. The second-order valence-corrected chi connectivity index (χ2v) is 4.63. The molecule has 0 spiro atoms. The summed E-state index contributed by atoms with van der Waals surface area (Å²) in [7, 11) is 0. The van der Waals surface area contributed by atoms with Crippen LogP contribution in [0.4, 0.5) is 0 Å². The van der Waals surface area contributed by atoms with Crippen molar-refractivity contribution in [3.8, 4) is 0 Å². The smallest absolute Gasteiger partial charge is 0.0795 e. The van der Waals surface area contributed by atoms with E-state index >= 15 is 0 Å². The lowest BCUT2D eigenvalue weighted by Crippen LogP contribution is -2.01. The third-order valence-corrected chi connectivity index (χ3v) is 3.46. The molecule has 0 N–H and O–H groups in total. The molecule has 0 amide bonds. The van der Waals surface area contributed by atoms with Gasteiger partial charge in [0.05, 0.1) is 17.7 Å². The van der Waals surface area contributed by atoms with E-state index in [1.165, 1.54) is 16.6 Å². The summed E-state index contributed by atoms with van der Waals surface area (Å²) in [5.41, 5.74) is 5.59. The Bertz CT molecular complexity index is 608. The van der Waals surface area contributed by atoms with Gasteiger partial charge in [0.25, 0.3) is 0 Å². The molecule has 3 rings (SSSR count). The van der Waals surface area contributed by atoms with Gasteiger partial charge in [0, 0.05) is 16.6 Å². The molecule has 0 atom stereocenters. The number of benzene rings is 1. The molecule has 3 aromatic rings. The predicted octanol–water partition coefficient (Wildman–Crippen LogP) is 3.45. The van der Waals surface area contributed by atoms with Crippen molar-refractivity contribution in [1.29, 1.82) is 0 Å². The molecule has 0 saturated heterocycles. The van der Waals surface area contributed by atoms with Gasteiger partial charge in [-0.25, -0.2) is 4.98 Å². The topological polar surface area (TPSA) is 17.8 Å². The number of hydrogen-bond acceptors (Lipinski definition) is 2. The molecule has 1 aromatic carbocycles. The van der Waals surface area contributed by atoms with Gasteiger partial charge in [0.1, 0.15) is 0 Å². The van der Waals surface area contributed by atoms with Crippen LogP contribution in [-0.2, 0) is 6.54 Å². The molecule has 0 aliphatic rings. The molecule has 0 radical (unpaired) electrons. The van der Waals surface area contributed by atoms with Gasteiger partial charge in [-0.15, -0.1) is 11.3 Å². The molecule has 0 unspecified atom stereocenters. The maximum absolute atomic E-state index is 4.34. The summed E-state index contributed by atoms with van der Waals surface area (Å²) in [6, 6.07) is 10.7. The Morgan fingerprint density at radius 2 is 2.19 bits per heavy atom. The molecular formula is C13H12N2S. The Hall–Kier alpha value is -1.61. The number of para-hydroxylation sites is 1. The number of rotatable bonds is 2. The van der Waals surface area contributed by atoms with E-state index in [0.29, 0.717) is 0 Å². The van der Waals surface area contributed by atoms with E-state index in [2.05, 4.69) is 52.2 Å². The highest BCUT2D eigenvalue weighted by atomic mass is 32.1. The van der Waals surface area contributed by atoms with E-state index in [9.17, 15) is 0 Å². The molecule has 16 heavy (non-hydrogen) atoms. The molecule has 0 aliphatic heterocycles. The summed E-state index contributed by atoms with van der Waals surface area (Å²) in [6.07, 6.45) is 0. The van der Waals surface area contributed by atoms with Gasteiger partial charge in [-0.1, -0.05) is 18.2 Å². The molecule has 2 aromatic heterocycles. The van der Waals surface area contributed by atoms with Crippen LogP contribution >= 0.6 is 11.3 Å². The Labute approximate surface area is 98.2 Å². The average Bonchev–Trinajstić information content (AvgIpc) is 2.89. The zero-order valence-corrected chi connectivity index (χ0v) is 9.87. The minimum absolute atomic E-state index is 0.864. The van der Waals surface area contributed by atoms with Crippen molar-refractivity contribution in [1.82, 2.24) is 9.55 Å². The van der Waals surface area contributed by atoms with Gasteiger partial charge < -0.3 is 4.57 Å². The fourth-order valence-electron chi connectivity index (χ4n) is 2.04. The van der Waals surface area contributed by atoms with Crippen molar-refractivity contribution < 1.29 is 0 Å². The number of aryl methyl sites for hydroxylation is 1. The molecule has 3 heteroatoms. The number of hydrogen-bond donors (Lipinski definition) is 0. The maximum atomic E-state index is 4.34. The van der Waals surface area contributed by atoms with Crippen molar-refractivity contribution in [2.75, 3.05) is 0 Å². The summed E-state index contributed by atoms with van der Waals surface area (Å²) < 4.78 is 2.31. The van der Waals surface area contributed by atoms with Gasteiger partial charge in [0.2, 0.25) is 0 Å². The third kappa shape index (κ3) is 1.53. The predicted molar refractivity (Wildman–Crippen MR) is 67.9 cm³/mol. The molecule has 80 valence electrons. The number of aromatic nitrogens is 2. The van der Waals surface area contributed by atoms with Gasteiger partial charge in [0.15, 0.2) is 0 Å². The highest BCUT2D eigenvalue weighted by Crippen LogP contribution is 2.20. The van der Waals surface area contributed by atoms with E-state index in [-0.39, 0.29) is 0 Å². The highest BCUT2D eigenvalue weighted by molar-refractivity contribution is 7.07. The van der Waals surface area contributed by atoms with E-state index in [0.717, 1.165) is 12.2 Å². The standard InChI is InChI=1S/C13H12N2S/c1-10-6-11-4-2-3-5-13(11)15(10)7-12-8-16-9-14-12/h2-6,8-9H,7H2,1H3. The fraction of sp³-hybridized carbons (Fsp3) is 0.154. The molecule has 0 saturated carbocycles. The second-order valence-electron chi connectivity index (χ2n) is 3.91. The number of thiazole rings is 1. The van der Waals surface area contributed by atoms with Crippen molar-refractivity contribution in [3.63, 3.8) is 0 Å². The Balaban J connectivity index is 2.12. The average molecular weight is 228 g/mol. The number of nitrogens with zero attached hydrogens (tertiary/aromatic N) is 2. The van der Waals surface area contributed by atoms with Crippen LogP contribution in [-0.4, -0.2) is 9.55 Å². The molecule has 2 heterocycles. The van der Waals surface area contributed by atoms with Crippen LogP contribution < -0.4 is 0 Å². The zero-order valence-electron chi connectivity index (χ0n) is 9.05. The maximum Gasteiger partial charge on any atom is 0.0795 e. The Morgan fingerprint density at radius 3 is 3.00 bits per heavy atom. The lowest BCUT2D eigenvalue weighted by Gasteiger charge is -2.05. The van der Waals surface area contributed by atoms with E-state index < -0.39 is 0 Å². The third-order valence-electron chi connectivity index (χ3n) is 2.82. The van der Waals surface area contributed by atoms with E-state index in [1.807, 2.05) is 5.51 Å². The first kappa shape index (κ1) is 9.60. The summed E-state index contributed by atoms with van der Waals surface area (Å²) in [5, 5.41) is 3.41. The SMILES string of the molecule is Cc1cc2ccccc2n1Cc1cscn1. The van der Waals surface area contributed by atoms with Gasteiger partial charge in [-0.3, -0.25) is 0 Å². The summed E-state index contributed by atoms with van der Waals surface area (Å²) in [4.78, 5) is 4.34. The van der Waals surface area contributed by atoms with Crippen molar-refractivity contribution >= 4 is 22.2 Å². The monoisotopic (exact) mass is 228 g/mol. The van der Waals surface area contributed by atoms with Crippen LogP contribution in [0.3, 0.4) is 0 Å². The quantitative estimate of drug-likeness (QED) is 0.657. The molecule has 2 nitrogen and oxygen atoms in total. The van der Waals surface area contributed by atoms with Crippen LogP contribution in [0.5, 0.6) is 0 Å². The van der Waals surface area contributed by atoms with Crippen LogP contribution in [0.2, 0.25) is 0 Å². The minimum Gasteiger partial charge on any atom is -0.339 e. The molecule has 0 aliphatic carbocycles. The van der Waals surface area contributed by atoms with Crippen LogP contribution in [0, 0.1) is 6.92 Å². The highest BCUT2D eigenvalue weighted by Gasteiger charge is 2.05. The lowest BCUT2D eigenvalue weighted by molar-refractivity contribution is 0.786. The minimum atomic E-state index is 0.864. The summed E-state index contributed by atoms with van der Waals surface area (Å²) in [6.45, 7) is 3.01. The first-order valence-electron chi connectivity index (χ1n) is 5.26. The Kier molecular flexibility index (Phi) is 2.26. The number of fused-ring (bicyclic) bond motifs is 1. The van der Waals surface area contributed by atoms with Gasteiger partial charge in [-0.2, -0.15) is 0 Å². The first-order valence-corrected chi connectivity index (χ1v) is 6.21. The Morgan fingerprint density at radius 1 is 1.31 bits per heavy atom.